The molecule has 0 spiro atoms. The highest BCUT2D eigenvalue weighted by Crippen LogP contribution is 2.37. The largest absolute Gasteiger partial charge is 0.192 e. The zero-order chi connectivity index (χ0) is 14.7. The molecular formula is C19H12ClN. The van der Waals surface area contributed by atoms with E-state index in [1.807, 2.05) is 42.5 Å². The van der Waals surface area contributed by atoms with E-state index in [1.54, 1.807) is 12.1 Å². The molecule has 0 amide bonds. The van der Waals surface area contributed by atoms with E-state index in [1.165, 1.54) is 0 Å². The van der Waals surface area contributed by atoms with Gasteiger partial charge in [-0.25, -0.2) is 0 Å². The second-order valence-electron chi connectivity index (χ2n) is 4.69. The molecule has 3 aromatic carbocycles. The molecule has 0 atom stereocenters. The molecule has 0 bridgehead atoms. The SMILES string of the molecule is N#Cc1cccc(Cl)c1-c1ccccc1-c1ccccc1. The third kappa shape index (κ3) is 2.54. The van der Waals surface area contributed by atoms with Crippen LogP contribution in [0.3, 0.4) is 0 Å². The number of hydrogen-bond acceptors (Lipinski definition) is 1. The van der Waals surface area contributed by atoms with E-state index in [9.17, 15) is 5.26 Å². The van der Waals surface area contributed by atoms with Crippen LogP contribution < -0.4 is 0 Å². The zero-order valence-electron chi connectivity index (χ0n) is 11.3. The molecule has 21 heavy (non-hydrogen) atoms. The molecule has 0 N–H and O–H groups in total. The Labute approximate surface area is 129 Å². The fourth-order valence-electron chi connectivity index (χ4n) is 2.46. The van der Waals surface area contributed by atoms with Crippen LogP contribution in [-0.2, 0) is 0 Å². The molecule has 0 saturated carbocycles. The van der Waals surface area contributed by atoms with Crippen molar-refractivity contribution >= 4 is 11.6 Å². The first kappa shape index (κ1) is 13.4. The van der Waals surface area contributed by atoms with Gasteiger partial charge >= 0.3 is 0 Å². The van der Waals surface area contributed by atoms with Crippen LogP contribution in [0, 0.1) is 11.3 Å². The van der Waals surface area contributed by atoms with Crippen LogP contribution in [-0.4, -0.2) is 0 Å². The number of rotatable bonds is 2. The van der Waals surface area contributed by atoms with Crippen molar-refractivity contribution < 1.29 is 0 Å². The lowest BCUT2D eigenvalue weighted by Crippen LogP contribution is -1.89. The Morgan fingerprint density at radius 3 is 2.10 bits per heavy atom. The van der Waals surface area contributed by atoms with Crippen molar-refractivity contribution in [3.8, 4) is 28.3 Å². The van der Waals surface area contributed by atoms with Gasteiger partial charge in [0.25, 0.3) is 0 Å². The van der Waals surface area contributed by atoms with Gasteiger partial charge in [0.1, 0.15) is 0 Å². The van der Waals surface area contributed by atoms with E-state index in [4.69, 9.17) is 11.6 Å². The number of nitriles is 1. The number of nitrogens with zero attached hydrogens (tertiary/aromatic N) is 1. The maximum Gasteiger partial charge on any atom is 0.0998 e. The third-order valence-electron chi connectivity index (χ3n) is 3.42. The van der Waals surface area contributed by atoms with Crippen molar-refractivity contribution in [1.82, 2.24) is 0 Å². The Bertz CT molecular complexity index is 816. The lowest BCUT2D eigenvalue weighted by Gasteiger charge is -2.12. The van der Waals surface area contributed by atoms with Gasteiger partial charge in [0.05, 0.1) is 11.6 Å². The lowest BCUT2D eigenvalue weighted by atomic mass is 9.92. The Morgan fingerprint density at radius 1 is 0.714 bits per heavy atom. The molecule has 0 unspecified atom stereocenters. The van der Waals surface area contributed by atoms with Crippen LogP contribution >= 0.6 is 11.6 Å². The van der Waals surface area contributed by atoms with Gasteiger partial charge in [-0.15, -0.1) is 0 Å². The van der Waals surface area contributed by atoms with Gasteiger partial charge in [0, 0.05) is 10.6 Å². The monoisotopic (exact) mass is 289 g/mol. The van der Waals surface area contributed by atoms with Crippen LogP contribution in [0.4, 0.5) is 0 Å². The summed E-state index contributed by atoms with van der Waals surface area (Å²) in [5.74, 6) is 0. The molecule has 0 saturated heterocycles. The summed E-state index contributed by atoms with van der Waals surface area (Å²) in [5, 5.41) is 9.95. The van der Waals surface area contributed by atoms with Crippen molar-refractivity contribution in [2.45, 2.75) is 0 Å². The normalized spacial score (nSPS) is 10.1. The second kappa shape index (κ2) is 5.83. The molecule has 3 aromatic rings. The molecule has 0 heterocycles. The van der Waals surface area contributed by atoms with E-state index in [0.717, 1.165) is 22.3 Å². The summed E-state index contributed by atoms with van der Waals surface area (Å²) in [4.78, 5) is 0. The summed E-state index contributed by atoms with van der Waals surface area (Å²) in [7, 11) is 0. The fourth-order valence-corrected chi connectivity index (χ4v) is 2.74. The summed E-state index contributed by atoms with van der Waals surface area (Å²) < 4.78 is 0. The Morgan fingerprint density at radius 2 is 1.38 bits per heavy atom. The molecule has 3 rings (SSSR count). The Hall–Kier alpha value is -2.56. The van der Waals surface area contributed by atoms with Gasteiger partial charge in [-0.2, -0.15) is 5.26 Å². The summed E-state index contributed by atoms with van der Waals surface area (Å²) in [6.07, 6.45) is 0. The third-order valence-corrected chi connectivity index (χ3v) is 3.73. The minimum atomic E-state index is 0.589. The van der Waals surface area contributed by atoms with Crippen molar-refractivity contribution in [2.24, 2.45) is 0 Å². The molecule has 2 heteroatoms. The summed E-state index contributed by atoms with van der Waals surface area (Å²) in [6, 6.07) is 25.8. The van der Waals surface area contributed by atoms with Crippen LogP contribution in [0.2, 0.25) is 5.02 Å². The van der Waals surface area contributed by atoms with E-state index in [2.05, 4.69) is 24.3 Å². The first-order valence-corrected chi connectivity index (χ1v) is 7.02. The van der Waals surface area contributed by atoms with E-state index >= 15 is 0 Å². The quantitative estimate of drug-likeness (QED) is 0.607. The predicted octanol–water partition coefficient (Wildman–Crippen LogP) is 5.55. The molecule has 0 radical (unpaired) electrons. The highest BCUT2D eigenvalue weighted by molar-refractivity contribution is 6.33. The fraction of sp³-hybridized carbons (Fsp3) is 0. The van der Waals surface area contributed by atoms with Gasteiger partial charge in [0.15, 0.2) is 0 Å². The molecule has 1 nitrogen and oxygen atoms in total. The molecular weight excluding hydrogens is 278 g/mol. The minimum Gasteiger partial charge on any atom is -0.192 e. The maximum absolute atomic E-state index is 9.36. The molecule has 0 aromatic heterocycles. The zero-order valence-corrected chi connectivity index (χ0v) is 12.0. The van der Waals surface area contributed by atoms with E-state index < -0.39 is 0 Å². The average molecular weight is 290 g/mol. The van der Waals surface area contributed by atoms with Gasteiger partial charge in [-0.1, -0.05) is 72.3 Å². The highest BCUT2D eigenvalue weighted by atomic mass is 35.5. The van der Waals surface area contributed by atoms with Gasteiger partial charge in [-0.3, -0.25) is 0 Å². The predicted molar refractivity (Wildman–Crippen MR) is 87.0 cm³/mol. The summed E-state index contributed by atoms with van der Waals surface area (Å²) in [6.45, 7) is 0. The van der Waals surface area contributed by atoms with Crippen molar-refractivity contribution in [2.75, 3.05) is 0 Å². The van der Waals surface area contributed by atoms with Crippen LogP contribution in [0.1, 0.15) is 5.56 Å². The molecule has 0 fully saturated rings. The highest BCUT2D eigenvalue weighted by Gasteiger charge is 2.13. The minimum absolute atomic E-state index is 0.589. The standard InChI is InChI=1S/C19H12ClN/c20-18-12-6-9-15(13-21)19(18)17-11-5-4-10-16(17)14-7-2-1-3-8-14/h1-12H. The smallest absolute Gasteiger partial charge is 0.0998 e. The second-order valence-corrected chi connectivity index (χ2v) is 5.09. The molecule has 100 valence electrons. The van der Waals surface area contributed by atoms with E-state index in [-0.39, 0.29) is 0 Å². The van der Waals surface area contributed by atoms with Crippen molar-refractivity contribution in [1.29, 1.82) is 5.26 Å². The number of hydrogen-bond donors (Lipinski definition) is 0. The number of halogens is 1. The van der Waals surface area contributed by atoms with E-state index in [0.29, 0.717) is 10.6 Å². The van der Waals surface area contributed by atoms with Crippen LogP contribution in [0.5, 0.6) is 0 Å². The van der Waals surface area contributed by atoms with Crippen molar-refractivity contribution in [3.05, 3.63) is 83.4 Å². The van der Waals surface area contributed by atoms with Gasteiger partial charge in [0.2, 0.25) is 0 Å². The number of benzene rings is 3. The first-order valence-electron chi connectivity index (χ1n) is 6.64. The van der Waals surface area contributed by atoms with Gasteiger partial charge in [-0.05, 0) is 28.8 Å². The summed E-state index contributed by atoms with van der Waals surface area (Å²) in [5.41, 5.74) is 4.54. The van der Waals surface area contributed by atoms with Crippen molar-refractivity contribution in [3.63, 3.8) is 0 Å². The molecule has 0 aliphatic carbocycles. The Balaban J connectivity index is 2.29. The lowest BCUT2D eigenvalue weighted by molar-refractivity contribution is 1.47. The van der Waals surface area contributed by atoms with Crippen LogP contribution in [0.25, 0.3) is 22.3 Å². The van der Waals surface area contributed by atoms with Crippen LogP contribution in [0.15, 0.2) is 72.8 Å². The molecule has 0 aliphatic heterocycles. The molecule has 0 aliphatic rings. The summed E-state index contributed by atoms with van der Waals surface area (Å²) >= 11 is 6.35. The Kier molecular flexibility index (Phi) is 3.73. The van der Waals surface area contributed by atoms with Gasteiger partial charge < -0.3 is 0 Å². The maximum atomic E-state index is 9.36. The topological polar surface area (TPSA) is 23.8 Å². The first-order chi connectivity index (χ1) is 10.3. The average Bonchev–Trinajstić information content (AvgIpc) is 2.55.